The van der Waals surface area contributed by atoms with Crippen LogP contribution in [0.4, 0.5) is 0 Å². The molecule has 3 N–H and O–H groups in total. The van der Waals surface area contributed by atoms with E-state index in [1.165, 1.54) is 5.56 Å². The van der Waals surface area contributed by atoms with Crippen molar-refractivity contribution in [3.05, 3.63) is 59.2 Å². The number of carbonyl (C=O) groups is 1. The monoisotopic (exact) mass is 390 g/mol. The van der Waals surface area contributed by atoms with Crippen LogP contribution >= 0.6 is 12.4 Å². The van der Waals surface area contributed by atoms with Gasteiger partial charge in [0, 0.05) is 18.0 Å². The lowest BCUT2D eigenvalue weighted by atomic mass is 9.87. The molecule has 0 bridgehead atoms. The van der Waals surface area contributed by atoms with E-state index in [2.05, 4.69) is 11.4 Å². The van der Waals surface area contributed by atoms with Crippen molar-refractivity contribution in [1.29, 1.82) is 0 Å². The van der Waals surface area contributed by atoms with Crippen molar-refractivity contribution in [2.75, 3.05) is 19.9 Å². The molecule has 2 unspecified atom stereocenters. The minimum absolute atomic E-state index is 0. The van der Waals surface area contributed by atoms with E-state index in [9.17, 15) is 4.79 Å². The Morgan fingerprint density at radius 1 is 1.19 bits per heavy atom. The molecule has 2 atom stereocenters. The second-order valence-electron chi connectivity index (χ2n) is 6.58. The van der Waals surface area contributed by atoms with Crippen molar-refractivity contribution in [2.45, 2.75) is 25.0 Å². The normalized spacial score (nSPS) is 20.7. The highest BCUT2D eigenvalue weighted by Gasteiger charge is 2.29. The zero-order valence-electron chi connectivity index (χ0n) is 14.9. The van der Waals surface area contributed by atoms with E-state index in [1.54, 1.807) is 12.1 Å². The van der Waals surface area contributed by atoms with E-state index in [0.717, 1.165) is 36.6 Å². The molecule has 2 heterocycles. The number of piperidine rings is 1. The summed E-state index contributed by atoms with van der Waals surface area (Å²) in [5.74, 6) is 1.40. The second kappa shape index (κ2) is 8.61. The average Bonchev–Trinajstić information content (AvgIpc) is 3.14. The van der Waals surface area contributed by atoms with E-state index in [0.29, 0.717) is 12.2 Å². The van der Waals surface area contributed by atoms with Gasteiger partial charge in [-0.25, -0.2) is 0 Å². The van der Waals surface area contributed by atoms with Gasteiger partial charge in [0.1, 0.15) is 0 Å². The molecule has 27 heavy (non-hydrogen) atoms. The molecule has 4 rings (SSSR count). The Bertz CT molecular complexity index is 814. The fourth-order valence-corrected chi connectivity index (χ4v) is 3.61. The van der Waals surface area contributed by atoms with Gasteiger partial charge < -0.3 is 25.3 Å². The third kappa shape index (κ3) is 4.18. The van der Waals surface area contributed by atoms with Gasteiger partial charge in [-0.1, -0.05) is 24.3 Å². The van der Waals surface area contributed by atoms with E-state index in [4.69, 9.17) is 19.9 Å². The molecule has 2 aromatic carbocycles. The molecule has 0 aliphatic carbocycles. The Morgan fingerprint density at radius 3 is 2.85 bits per heavy atom. The molecule has 144 valence electrons. The minimum Gasteiger partial charge on any atom is -0.454 e. The van der Waals surface area contributed by atoms with Crippen LogP contribution < -0.4 is 20.5 Å². The smallest absolute Gasteiger partial charge is 0.249 e. The summed E-state index contributed by atoms with van der Waals surface area (Å²) in [6.45, 7) is 2.33. The van der Waals surface area contributed by atoms with Crippen LogP contribution in [-0.2, 0) is 11.3 Å². The van der Waals surface area contributed by atoms with Gasteiger partial charge in [0.15, 0.2) is 11.5 Å². The molecule has 1 fully saturated rings. The first kappa shape index (κ1) is 19.5. The molecular weight excluding hydrogens is 368 g/mol. The van der Waals surface area contributed by atoms with E-state index in [1.807, 2.05) is 24.3 Å². The molecule has 0 spiro atoms. The number of hydrogen-bond acceptors (Lipinski definition) is 5. The summed E-state index contributed by atoms with van der Waals surface area (Å²) in [5.41, 5.74) is 7.97. The van der Waals surface area contributed by atoms with Gasteiger partial charge in [-0.2, -0.15) is 0 Å². The number of amides is 1. The number of rotatable bonds is 5. The van der Waals surface area contributed by atoms with Crippen LogP contribution in [0.1, 0.15) is 33.8 Å². The van der Waals surface area contributed by atoms with Gasteiger partial charge in [-0.05, 0) is 42.3 Å². The van der Waals surface area contributed by atoms with Gasteiger partial charge in [0.2, 0.25) is 12.7 Å². The Morgan fingerprint density at radius 2 is 2.00 bits per heavy atom. The molecule has 0 radical (unpaired) electrons. The van der Waals surface area contributed by atoms with Crippen LogP contribution in [0.25, 0.3) is 0 Å². The van der Waals surface area contributed by atoms with Crippen molar-refractivity contribution < 1.29 is 19.0 Å². The molecule has 0 saturated carbocycles. The number of ether oxygens (including phenoxy) is 3. The Kier molecular flexibility index (Phi) is 6.21. The van der Waals surface area contributed by atoms with Gasteiger partial charge >= 0.3 is 0 Å². The molecule has 1 saturated heterocycles. The first-order valence-corrected chi connectivity index (χ1v) is 8.82. The number of halogens is 1. The number of nitrogens with one attached hydrogen (secondary N) is 1. The molecule has 0 aromatic heterocycles. The third-order valence-electron chi connectivity index (χ3n) is 4.99. The summed E-state index contributed by atoms with van der Waals surface area (Å²) in [6.07, 6.45) is 0.979. The Labute approximate surface area is 164 Å². The predicted molar refractivity (Wildman–Crippen MR) is 104 cm³/mol. The topological polar surface area (TPSA) is 82.8 Å². The summed E-state index contributed by atoms with van der Waals surface area (Å²) < 4.78 is 17.1. The molecule has 7 heteroatoms. The highest BCUT2D eigenvalue weighted by molar-refractivity contribution is 5.94. The summed E-state index contributed by atoms with van der Waals surface area (Å²) in [6, 6.07) is 13.4. The van der Waals surface area contributed by atoms with Crippen molar-refractivity contribution in [2.24, 2.45) is 5.73 Å². The van der Waals surface area contributed by atoms with E-state index in [-0.39, 0.29) is 31.2 Å². The van der Waals surface area contributed by atoms with Crippen molar-refractivity contribution in [3.8, 4) is 11.5 Å². The SMILES string of the molecule is Cl.NC(=O)c1ccccc1COC1CNCCC1c1ccc2c(c1)OCO2. The van der Waals surface area contributed by atoms with Gasteiger partial charge in [0.25, 0.3) is 0 Å². The summed E-state index contributed by atoms with van der Waals surface area (Å²) in [4.78, 5) is 11.6. The second-order valence-corrected chi connectivity index (χ2v) is 6.58. The van der Waals surface area contributed by atoms with Crippen molar-refractivity contribution >= 4 is 18.3 Å². The Hall–Kier alpha value is -2.28. The lowest BCUT2D eigenvalue weighted by Crippen LogP contribution is -2.41. The van der Waals surface area contributed by atoms with Gasteiger partial charge in [0.05, 0.1) is 12.7 Å². The van der Waals surface area contributed by atoms with Crippen LogP contribution in [0.3, 0.4) is 0 Å². The van der Waals surface area contributed by atoms with Crippen LogP contribution in [0.15, 0.2) is 42.5 Å². The zero-order valence-corrected chi connectivity index (χ0v) is 15.7. The fourth-order valence-electron chi connectivity index (χ4n) is 3.61. The van der Waals surface area contributed by atoms with E-state index >= 15 is 0 Å². The predicted octanol–water partition coefficient (Wildman–Crippen LogP) is 2.60. The molecule has 2 aliphatic rings. The standard InChI is InChI=1S/C20H22N2O4.ClH/c21-20(23)16-4-2-1-3-14(16)11-24-19-10-22-8-7-15(19)13-5-6-17-18(9-13)26-12-25-17;/h1-6,9,15,19,22H,7-8,10-12H2,(H2,21,23);1H. The van der Waals surface area contributed by atoms with E-state index < -0.39 is 5.91 Å². The van der Waals surface area contributed by atoms with Crippen LogP contribution in [0.5, 0.6) is 11.5 Å². The molecule has 1 amide bonds. The van der Waals surface area contributed by atoms with Crippen LogP contribution in [0.2, 0.25) is 0 Å². The van der Waals surface area contributed by atoms with Crippen LogP contribution in [0, 0.1) is 0 Å². The largest absolute Gasteiger partial charge is 0.454 e. The molecule has 2 aliphatic heterocycles. The molecule has 2 aromatic rings. The van der Waals surface area contributed by atoms with Crippen molar-refractivity contribution in [3.63, 3.8) is 0 Å². The minimum atomic E-state index is -0.432. The number of hydrogen-bond donors (Lipinski definition) is 2. The summed E-state index contributed by atoms with van der Waals surface area (Å²) >= 11 is 0. The average molecular weight is 391 g/mol. The first-order valence-electron chi connectivity index (χ1n) is 8.82. The Balaban J connectivity index is 0.00000210. The first-order chi connectivity index (χ1) is 12.7. The lowest BCUT2D eigenvalue weighted by Gasteiger charge is -2.32. The molecular formula is C20H23ClN2O4. The maximum absolute atomic E-state index is 11.6. The number of carbonyl (C=O) groups excluding carboxylic acids is 1. The maximum atomic E-state index is 11.6. The quantitative estimate of drug-likeness (QED) is 0.820. The number of nitrogens with two attached hydrogens (primary N) is 1. The number of benzene rings is 2. The highest BCUT2D eigenvalue weighted by atomic mass is 35.5. The van der Waals surface area contributed by atoms with Gasteiger partial charge in [-0.15, -0.1) is 12.4 Å². The molecule has 6 nitrogen and oxygen atoms in total. The fraction of sp³-hybridized carbons (Fsp3) is 0.350. The third-order valence-corrected chi connectivity index (χ3v) is 4.99. The maximum Gasteiger partial charge on any atom is 0.249 e. The van der Waals surface area contributed by atoms with Crippen LogP contribution in [-0.4, -0.2) is 31.9 Å². The number of fused-ring (bicyclic) bond motifs is 1. The van der Waals surface area contributed by atoms with Gasteiger partial charge in [-0.3, -0.25) is 4.79 Å². The zero-order chi connectivity index (χ0) is 17.9. The highest BCUT2D eigenvalue weighted by Crippen LogP contribution is 2.37. The summed E-state index contributed by atoms with van der Waals surface area (Å²) in [5, 5.41) is 3.39. The van der Waals surface area contributed by atoms with Crippen molar-refractivity contribution in [1.82, 2.24) is 5.32 Å². The summed E-state index contributed by atoms with van der Waals surface area (Å²) in [7, 11) is 0. The number of primary amides is 1. The lowest BCUT2D eigenvalue weighted by molar-refractivity contribution is 0.0103.